The molecule has 35 heavy (non-hydrogen) atoms. The van der Waals surface area contributed by atoms with Gasteiger partial charge in [-0.15, -0.1) is 13.2 Å². The van der Waals surface area contributed by atoms with E-state index < -0.39 is 28.7 Å². The zero-order valence-electron chi connectivity index (χ0n) is 19.3. The van der Waals surface area contributed by atoms with Gasteiger partial charge in [-0.2, -0.15) is 0 Å². The number of anilines is 1. The Morgan fingerprint density at radius 1 is 1.03 bits per heavy atom. The highest BCUT2D eigenvalue weighted by Crippen LogP contribution is 2.44. The molecule has 1 atom stereocenters. The third-order valence-electron chi connectivity index (χ3n) is 6.60. The number of carbonyl (C=O) groups excluding carboxylic acids is 2. The minimum Gasteiger partial charge on any atom is -0.465 e. The first-order valence-electron chi connectivity index (χ1n) is 11.1. The number of rotatable bonds is 5. The largest absolute Gasteiger partial charge is 0.573 e. The van der Waals surface area contributed by atoms with Crippen LogP contribution < -0.4 is 9.64 Å². The van der Waals surface area contributed by atoms with Crippen LogP contribution in [0.3, 0.4) is 0 Å². The summed E-state index contributed by atoms with van der Waals surface area (Å²) >= 11 is 0. The Morgan fingerprint density at radius 2 is 1.66 bits per heavy atom. The molecule has 2 heterocycles. The Hall–Kier alpha value is -2.92. The summed E-state index contributed by atoms with van der Waals surface area (Å²) in [6.45, 7) is 3.04. The van der Waals surface area contributed by atoms with Crippen LogP contribution in [0.5, 0.6) is 5.75 Å². The molecule has 2 aromatic carbocycles. The van der Waals surface area contributed by atoms with E-state index in [0.29, 0.717) is 55.0 Å². The summed E-state index contributed by atoms with van der Waals surface area (Å²) in [6.07, 6.45) is -3.20. The highest BCUT2D eigenvalue weighted by atomic mass is 32.2. The SMILES string of the molecule is COC(=O)c1cccc(C)c1S(=O)N1CCC2(CCN(c3ccc(OC(F)(F)F)cc3)C2=O)CC1. The molecule has 188 valence electrons. The van der Waals surface area contributed by atoms with E-state index in [-0.39, 0.29) is 17.2 Å². The second-order valence-electron chi connectivity index (χ2n) is 8.65. The van der Waals surface area contributed by atoms with Gasteiger partial charge in [-0.1, -0.05) is 12.1 Å². The minimum absolute atomic E-state index is 0.0847. The number of benzene rings is 2. The number of ether oxygens (including phenoxy) is 2. The third-order valence-corrected chi connectivity index (χ3v) is 8.33. The lowest BCUT2D eigenvalue weighted by Crippen LogP contribution is -2.45. The summed E-state index contributed by atoms with van der Waals surface area (Å²) in [6, 6.07) is 10.3. The standard InChI is InChI=1S/C24H25F3N2O5S/c1-16-4-3-5-19(21(30)33-2)20(16)35(32)28-13-10-23(11-14-28)12-15-29(22(23)31)17-6-8-18(9-7-17)34-24(25,26)27/h3-9H,10-15H2,1-2H3. The van der Waals surface area contributed by atoms with Gasteiger partial charge in [-0.3, -0.25) is 4.79 Å². The van der Waals surface area contributed by atoms with Crippen LogP contribution in [0.25, 0.3) is 0 Å². The van der Waals surface area contributed by atoms with Crippen LogP contribution >= 0.6 is 0 Å². The van der Waals surface area contributed by atoms with E-state index in [1.54, 1.807) is 34.3 Å². The fourth-order valence-corrected chi connectivity index (χ4v) is 6.18. The zero-order valence-corrected chi connectivity index (χ0v) is 20.1. The van der Waals surface area contributed by atoms with E-state index in [1.807, 2.05) is 0 Å². The number of piperidine rings is 1. The van der Waals surface area contributed by atoms with Crippen molar-refractivity contribution >= 4 is 28.5 Å². The van der Waals surface area contributed by atoms with E-state index in [2.05, 4.69) is 4.74 Å². The molecular formula is C24H25F3N2O5S. The van der Waals surface area contributed by atoms with Crippen molar-refractivity contribution in [1.29, 1.82) is 0 Å². The van der Waals surface area contributed by atoms with E-state index in [0.717, 1.165) is 0 Å². The molecular weight excluding hydrogens is 485 g/mol. The molecule has 0 aliphatic carbocycles. The number of methoxy groups -OCH3 is 1. The second-order valence-corrected chi connectivity index (χ2v) is 10.1. The Morgan fingerprint density at radius 3 is 2.26 bits per heavy atom. The van der Waals surface area contributed by atoms with Gasteiger partial charge in [0.25, 0.3) is 0 Å². The van der Waals surface area contributed by atoms with Crippen molar-refractivity contribution in [3.05, 3.63) is 53.6 Å². The summed E-state index contributed by atoms with van der Waals surface area (Å²) in [4.78, 5) is 27.5. The predicted octanol–water partition coefficient (Wildman–Crippen LogP) is 4.22. The van der Waals surface area contributed by atoms with Crippen molar-refractivity contribution in [3.63, 3.8) is 0 Å². The topological polar surface area (TPSA) is 76.2 Å². The number of esters is 1. The first-order valence-corrected chi connectivity index (χ1v) is 12.2. The fraction of sp³-hybridized carbons (Fsp3) is 0.417. The predicted molar refractivity (Wildman–Crippen MR) is 122 cm³/mol. The Bertz CT molecular complexity index is 1140. The average Bonchev–Trinajstić information content (AvgIpc) is 3.13. The van der Waals surface area contributed by atoms with Crippen LogP contribution in [-0.2, 0) is 20.5 Å². The molecule has 0 aromatic heterocycles. The van der Waals surface area contributed by atoms with Crippen molar-refractivity contribution in [3.8, 4) is 5.75 Å². The zero-order chi connectivity index (χ0) is 25.4. The number of carbonyl (C=O) groups is 2. The van der Waals surface area contributed by atoms with Crippen molar-refractivity contribution in [1.82, 2.24) is 4.31 Å². The van der Waals surface area contributed by atoms with Gasteiger partial charge in [0.1, 0.15) is 16.7 Å². The molecule has 2 fully saturated rings. The number of aryl methyl sites for hydroxylation is 1. The van der Waals surface area contributed by atoms with E-state index in [1.165, 1.54) is 31.4 Å². The van der Waals surface area contributed by atoms with Gasteiger partial charge in [0.05, 0.1) is 23.0 Å². The fourth-order valence-electron chi connectivity index (χ4n) is 4.72. The number of nitrogens with zero attached hydrogens (tertiary/aromatic N) is 2. The maximum Gasteiger partial charge on any atom is 0.573 e. The van der Waals surface area contributed by atoms with Crippen LogP contribution in [0.15, 0.2) is 47.4 Å². The Kier molecular flexibility index (Phi) is 6.92. The van der Waals surface area contributed by atoms with E-state index in [4.69, 9.17) is 4.74 Å². The first-order chi connectivity index (χ1) is 16.5. The summed E-state index contributed by atoms with van der Waals surface area (Å²) in [5.74, 6) is -0.988. The van der Waals surface area contributed by atoms with Gasteiger partial charge in [0.2, 0.25) is 5.91 Å². The van der Waals surface area contributed by atoms with Gasteiger partial charge in [-0.05, 0) is 62.1 Å². The van der Waals surface area contributed by atoms with Gasteiger partial charge >= 0.3 is 12.3 Å². The normalized spacial score (nSPS) is 19.1. The lowest BCUT2D eigenvalue weighted by molar-refractivity contribution is -0.274. The Labute approximate surface area is 203 Å². The van der Waals surface area contributed by atoms with Crippen LogP contribution in [0.1, 0.15) is 35.2 Å². The lowest BCUT2D eigenvalue weighted by atomic mass is 9.77. The number of hydrogen-bond acceptors (Lipinski definition) is 5. The number of alkyl halides is 3. The molecule has 1 spiro atoms. The maximum atomic E-state index is 13.4. The molecule has 2 aromatic rings. The van der Waals surface area contributed by atoms with Crippen LogP contribution in [-0.4, -0.2) is 53.5 Å². The van der Waals surface area contributed by atoms with Crippen molar-refractivity contribution in [2.75, 3.05) is 31.6 Å². The highest BCUT2D eigenvalue weighted by Gasteiger charge is 2.49. The number of halogens is 3. The average molecular weight is 511 g/mol. The number of hydrogen-bond donors (Lipinski definition) is 0. The molecule has 1 unspecified atom stereocenters. The van der Waals surface area contributed by atoms with Gasteiger partial charge < -0.3 is 14.4 Å². The van der Waals surface area contributed by atoms with Crippen molar-refractivity contribution in [2.45, 2.75) is 37.4 Å². The lowest BCUT2D eigenvalue weighted by Gasteiger charge is -2.37. The maximum absolute atomic E-state index is 13.4. The quantitative estimate of drug-likeness (QED) is 0.563. The summed E-state index contributed by atoms with van der Waals surface area (Å²) in [5, 5.41) is 0. The van der Waals surface area contributed by atoms with Crippen molar-refractivity contribution in [2.24, 2.45) is 5.41 Å². The van der Waals surface area contributed by atoms with Crippen LogP contribution in [0, 0.1) is 12.3 Å². The molecule has 0 N–H and O–H groups in total. The molecule has 0 radical (unpaired) electrons. The molecule has 2 aliphatic rings. The Balaban J connectivity index is 1.45. The van der Waals surface area contributed by atoms with Gasteiger partial charge in [-0.25, -0.2) is 13.3 Å². The van der Waals surface area contributed by atoms with Crippen LogP contribution in [0.2, 0.25) is 0 Å². The molecule has 0 bridgehead atoms. The molecule has 2 saturated heterocycles. The molecule has 1 amide bonds. The molecule has 0 saturated carbocycles. The molecule has 2 aliphatic heterocycles. The van der Waals surface area contributed by atoms with Crippen LogP contribution in [0.4, 0.5) is 18.9 Å². The monoisotopic (exact) mass is 510 g/mol. The molecule has 11 heteroatoms. The second kappa shape index (κ2) is 9.62. The first kappa shape index (κ1) is 25.2. The highest BCUT2D eigenvalue weighted by molar-refractivity contribution is 7.82. The molecule has 7 nitrogen and oxygen atoms in total. The van der Waals surface area contributed by atoms with Crippen molar-refractivity contribution < 1.29 is 36.4 Å². The van der Waals surface area contributed by atoms with Gasteiger partial charge in [0, 0.05) is 25.3 Å². The minimum atomic E-state index is -4.78. The molecule has 4 rings (SSSR count). The number of amides is 1. The summed E-state index contributed by atoms with van der Waals surface area (Å²) in [5.41, 5.74) is 0.869. The summed E-state index contributed by atoms with van der Waals surface area (Å²) < 4.78 is 61.1. The summed E-state index contributed by atoms with van der Waals surface area (Å²) in [7, 11) is -0.323. The third kappa shape index (κ3) is 5.06. The van der Waals surface area contributed by atoms with E-state index >= 15 is 0 Å². The van der Waals surface area contributed by atoms with E-state index in [9.17, 15) is 27.0 Å². The van der Waals surface area contributed by atoms with Gasteiger partial charge in [0.15, 0.2) is 0 Å². The smallest absolute Gasteiger partial charge is 0.465 e.